The summed E-state index contributed by atoms with van der Waals surface area (Å²) in [6, 6.07) is 5.40. The van der Waals surface area contributed by atoms with Crippen LogP contribution in [0.2, 0.25) is 0 Å². The molecule has 0 saturated carbocycles. The van der Waals surface area contributed by atoms with Gasteiger partial charge in [0, 0.05) is 21.5 Å². The summed E-state index contributed by atoms with van der Waals surface area (Å²) in [6.07, 6.45) is 0.803. The van der Waals surface area contributed by atoms with Crippen molar-refractivity contribution >= 4 is 44.4 Å². The van der Waals surface area contributed by atoms with Crippen LogP contribution in [0.3, 0.4) is 0 Å². The van der Waals surface area contributed by atoms with Gasteiger partial charge in [0.25, 0.3) is 5.78 Å². The molecule has 0 spiro atoms. The van der Waals surface area contributed by atoms with Crippen LogP contribution in [0.5, 0.6) is 0 Å². The molecule has 6 heteroatoms. The lowest BCUT2D eigenvalue weighted by atomic mass is 10.1. The van der Waals surface area contributed by atoms with Crippen LogP contribution in [0.15, 0.2) is 33.2 Å². The van der Waals surface area contributed by atoms with E-state index in [4.69, 9.17) is 4.42 Å². The summed E-state index contributed by atoms with van der Waals surface area (Å²) in [5.41, 5.74) is 1.26. The van der Waals surface area contributed by atoms with Crippen molar-refractivity contribution in [1.82, 2.24) is 0 Å². The molecule has 5 nitrogen and oxygen atoms in total. The van der Waals surface area contributed by atoms with Crippen molar-refractivity contribution in [2.24, 2.45) is 0 Å². The fourth-order valence-electron chi connectivity index (χ4n) is 1.89. The molecule has 0 aliphatic rings. The van der Waals surface area contributed by atoms with Crippen LogP contribution < -0.4 is 0 Å². The second-order valence-corrected chi connectivity index (χ2v) is 5.23. The number of ketones is 1. The Balaban J connectivity index is 2.39. The molecule has 0 fully saturated rings. The highest BCUT2D eigenvalue weighted by molar-refractivity contribution is 9.10. The number of ether oxygens (including phenoxy) is 1. The first-order valence-electron chi connectivity index (χ1n) is 6.24. The Bertz CT molecular complexity index is 742. The summed E-state index contributed by atoms with van der Waals surface area (Å²) in [7, 11) is 0. The monoisotopic (exact) mass is 352 g/mol. The van der Waals surface area contributed by atoms with Crippen molar-refractivity contribution in [2.75, 3.05) is 6.61 Å². The predicted octanol–water partition coefficient (Wildman–Crippen LogP) is 3.53. The van der Waals surface area contributed by atoms with Crippen molar-refractivity contribution in [3.63, 3.8) is 0 Å². The number of carbonyl (C=O) groups excluding carboxylic acids is 2. The summed E-state index contributed by atoms with van der Waals surface area (Å²) in [5.74, 6) is -2.20. The van der Waals surface area contributed by atoms with Crippen molar-refractivity contribution in [3.8, 4) is 0 Å². The minimum Gasteiger partial charge on any atom is -0.504 e. The topological polar surface area (TPSA) is 76.7 Å². The molecule has 0 unspecified atom stereocenters. The van der Waals surface area contributed by atoms with Gasteiger partial charge in [0.05, 0.1) is 6.61 Å². The number of fused-ring (bicyclic) bond motifs is 1. The molecule has 2 rings (SSSR count). The van der Waals surface area contributed by atoms with E-state index in [-0.39, 0.29) is 12.4 Å². The van der Waals surface area contributed by atoms with Crippen LogP contribution in [-0.4, -0.2) is 23.5 Å². The molecular formula is C15H13BrO5. The average molecular weight is 353 g/mol. The van der Waals surface area contributed by atoms with Gasteiger partial charge in [0.2, 0.25) is 0 Å². The van der Waals surface area contributed by atoms with Crippen LogP contribution >= 0.6 is 15.9 Å². The number of aryl methyl sites for hydroxylation is 1. The van der Waals surface area contributed by atoms with Crippen molar-refractivity contribution < 1.29 is 23.8 Å². The molecular weight excluding hydrogens is 340 g/mol. The van der Waals surface area contributed by atoms with Crippen LogP contribution in [0.25, 0.3) is 16.7 Å². The Morgan fingerprint density at radius 1 is 1.43 bits per heavy atom. The van der Waals surface area contributed by atoms with E-state index in [9.17, 15) is 14.7 Å². The smallest absolute Gasteiger partial charge is 0.379 e. The fourth-order valence-corrected chi connectivity index (χ4v) is 2.25. The molecule has 0 atom stereocenters. The van der Waals surface area contributed by atoms with Gasteiger partial charge < -0.3 is 14.3 Å². The van der Waals surface area contributed by atoms with Crippen molar-refractivity contribution in [1.29, 1.82) is 0 Å². The van der Waals surface area contributed by atoms with E-state index in [1.54, 1.807) is 26.0 Å². The van der Waals surface area contributed by atoms with Gasteiger partial charge in [-0.25, -0.2) is 4.79 Å². The van der Waals surface area contributed by atoms with E-state index in [0.717, 1.165) is 15.9 Å². The molecule has 0 saturated heterocycles. The van der Waals surface area contributed by atoms with Gasteiger partial charge in [-0.3, -0.25) is 4.79 Å². The molecule has 0 bridgehead atoms. The highest BCUT2D eigenvalue weighted by Gasteiger charge is 2.18. The van der Waals surface area contributed by atoms with E-state index in [2.05, 4.69) is 20.7 Å². The lowest BCUT2D eigenvalue weighted by molar-refractivity contribution is -0.151. The number of benzene rings is 1. The van der Waals surface area contributed by atoms with E-state index in [0.29, 0.717) is 11.1 Å². The maximum Gasteiger partial charge on any atom is 0.379 e. The molecule has 2 aromatic rings. The molecule has 0 radical (unpaired) electrons. The Labute approximate surface area is 129 Å². The fraction of sp³-hybridized carbons (Fsp3) is 0.200. The molecule has 1 heterocycles. The van der Waals surface area contributed by atoms with E-state index < -0.39 is 17.5 Å². The third kappa shape index (κ3) is 3.16. The van der Waals surface area contributed by atoms with Gasteiger partial charge in [0.1, 0.15) is 5.58 Å². The van der Waals surface area contributed by atoms with E-state index >= 15 is 0 Å². The van der Waals surface area contributed by atoms with Crippen molar-refractivity contribution in [2.45, 2.75) is 13.8 Å². The van der Waals surface area contributed by atoms with Crippen molar-refractivity contribution in [3.05, 3.63) is 40.1 Å². The van der Waals surface area contributed by atoms with Gasteiger partial charge >= 0.3 is 5.97 Å². The van der Waals surface area contributed by atoms with Crippen LogP contribution in [0.4, 0.5) is 0 Å². The number of hydrogen-bond donors (Lipinski definition) is 1. The quantitative estimate of drug-likeness (QED) is 0.394. The lowest BCUT2D eigenvalue weighted by Crippen LogP contribution is -2.15. The second-order valence-electron chi connectivity index (χ2n) is 4.31. The maximum absolute atomic E-state index is 11.5. The predicted molar refractivity (Wildman–Crippen MR) is 80.9 cm³/mol. The van der Waals surface area contributed by atoms with Gasteiger partial charge in [-0.1, -0.05) is 15.9 Å². The highest BCUT2D eigenvalue weighted by Crippen LogP contribution is 2.31. The minimum atomic E-state index is -1.01. The average Bonchev–Trinajstić information content (AvgIpc) is 2.76. The minimum absolute atomic E-state index is 0.0941. The standard InChI is InChI=1S/C15H13BrO5/c1-3-20-15(19)12(18)7-11(17)14-8(2)10-6-9(16)4-5-13(10)21-14/h4-7,17H,3H2,1-2H3. The maximum atomic E-state index is 11.5. The summed E-state index contributed by atoms with van der Waals surface area (Å²) in [6.45, 7) is 3.44. The Morgan fingerprint density at radius 3 is 2.81 bits per heavy atom. The van der Waals surface area contributed by atoms with Crippen LogP contribution in [0, 0.1) is 6.92 Å². The Kier molecular flexibility index (Phi) is 4.47. The summed E-state index contributed by atoms with van der Waals surface area (Å²) >= 11 is 3.36. The number of rotatable bonds is 4. The van der Waals surface area contributed by atoms with E-state index in [1.165, 1.54) is 0 Å². The Hall–Kier alpha value is -2.08. The van der Waals surface area contributed by atoms with Gasteiger partial charge in [-0.05, 0) is 32.0 Å². The first-order chi connectivity index (χ1) is 9.93. The number of hydrogen-bond acceptors (Lipinski definition) is 5. The summed E-state index contributed by atoms with van der Waals surface area (Å²) < 4.78 is 10.9. The molecule has 0 aliphatic heterocycles. The number of furan rings is 1. The summed E-state index contributed by atoms with van der Waals surface area (Å²) in [5, 5.41) is 10.8. The zero-order chi connectivity index (χ0) is 15.6. The molecule has 0 aliphatic carbocycles. The molecule has 110 valence electrons. The normalized spacial score (nSPS) is 11.7. The van der Waals surface area contributed by atoms with Crippen LogP contribution in [-0.2, 0) is 14.3 Å². The Morgan fingerprint density at radius 2 is 2.14 bits per heavy atom. The molecule has 1 aromatic heterocycles. The molecule has 0 amide bonds. The largest absolute Gasteiger partial charge is 0.504 e. The number of aliphatic hydroxyl groups is 1. The summed E-state index contributed by atoms with van der Waals surface area (Å²) in [4.78, 5) is 22.8. The SMILES string of the molecule is CCOC(=O)C(=O)C=C(O)c1oc2ccc(Br)cc2c1C. The van der Waals surface area contributed by atoms with Gasteiger partial charge in [-0.15, -0.1) is 0 Å². The third-order valence-corrected chi connectivity index (χ3v) is 3.37. The molecule has 21 heavy (non-hydrogen) atoms. The second kappa shape index (κ2) is 6.13. The lowest BCUT2D eigenvalue weighted by Gasteiger charge is -1.98. The van der Waals surface area contributed by atoms with Gasteiger partial charge in [-0.2, -0.15) is 0 Å². The number of carbonyl (C=O) groups is 2. The van der Waals surface area contributed by atoms with Gasteiger partial charge in [0.15, 0.2) is 11.5 Å². The highest BCUT2D eigenvalue weighted by atomic mass is 79.9. The number of esters is 1. The van der Waals surface area contributed by atoms with E-state index in [1.807, 2.05) is 6.07 Å². The van der Waals surface area contributed by atoms with Crippen LogP contribution in [0.1, 0.15) is 18.2 Å². The molecule has 1 aromatic carbocycles. The first kappa shape index (κ1) is 15.3. The molecule has 1 N–H and O–H groups in total. The first-order valence-corrected chi connectivity index (χ1v) is 7.04. The third-order valence-electron chi connectivity index (χ3n) is 2.88. The number of halogens is 1. The number of aliphatic hydroxyl groups excluding tert-OH is 1. The zero-order valence-electron chi connectivity index (χ0n) is 11.5. The zero-order valence-corrected chi connectivity index (χ0v) is 13.1.